The van der Waals surface area contributed by atoms with Gasteiger partial charge < -0.3 is 5.32 Å². The smallest absolute Gasteiger partial charge is 0.150 e. The quantitative estimate of drug-likeness (QED) is 0.597. The Morgan fingerprint density at radius 1 is 1.06 bits per heavy atom. The number of benzene rings is 1. The molecule has 0 atom stereocenters. The van der Waals surface area contributed by atoms with E-state index in [1.54, 1.807) is 0 Å². The van der Waals surface area contributed by atoms with Crippen LogP contribution in [-0.2, 0) is 6.54 Å². The molecule has 0 aliphatic carbocycles. The second-order valence-electron chi connectivity index (χ2n) is 3.43. The van der Waals surface area contributed by atoms with Gasteiger partial charge in [0.1, 0.15) is 17.3 Å². The normalized spacial score (nSPS) is 10.7. The van der Waals surface area contributed by atoms with Gasteiger partial charge in [0.05, 0.1) is 3.79 Å². The van der Waals surface area contributed by atoms with Crippen LogP contribution in [0.5, 0.6) is 0 Å². The van der Waals surface area contributed by atoms with E-state index >= 15 is 0 Å². The summed E-state index contributed by atoms with van der Waals surface area (Å²) < 4.78 is 29.4. The maximum Gasteiger partial charge on any atom is 0.150 e. The highest BCUT2D eigenvalue weighted by atomic mass is 79.9. The minimum absolute atomic E-state index is 0.112. The number of nitrogens with one attached hydrogen (secondary N) is 1. The van der Waals surface area contributed by atoms with Crippen molar-refractivity contribution in [1.82, 2.24) is 0 Å². The molecule has 2 aromatic rings. The SMILES string of the molecule is Fc1cc(Br)cc(F)c1NCc1cc(Br)c(Br)s1. The number of hydrogen-bond donors (Lipinski definition) is 1. The van der Waals surface area contributed by atoms with E-state index in [0.717, 1.165) is 13.1 Å². The molecule has 0 saturated heterocycles. The Bertz CT molecular complexity index is 543. The van der Waals surface area contributed by atoms with Crippen molar-refractivity contribution in [2.24, 2.45) is 0 Å². The van der Waals surface area contributed by atoms with Crippen molar-refractivity contribution in [2.45, 2.75) is 6.54 Å². The molecule has 1 aromatic carbocycles. The zero-order valence-electron chi connectivity index (χ0n) is 8.74. The average molecular weight is 462 g/mol. The Balaban J connectivity index is 2.15. The van der Waals surface area contributed by atoms with Gasteiger partial charge in [-0.25, -0.2) is 8.78 Å². The predicted molar refractivity (Wildman–Crippen MR) is 81.1 cm³/mol. The molecule has 1 nitrogen and oxygen atoms in total. The first kappa shape index (κ1) is 14.4. The lowest BCUT2D eigenvalue weighted by Gasteiger charge is -2.08. The molecular formula is C11H6Br3F2NS. The van der Waals surface area contributed by atoms with Gasteiger partial charge in [-0.15, -0.1) is 11.3 Å². The van der Waals surface area contributed by atoms with E-state index in [0.29, 0.717) is 11.0 Å². The molecule has 0 amide bonds. The summed E-state index contributed by atoms with van der Waals surface area (Å²) in [6, 6.07) is 4.35. The van der Waals surface area contributed by atoms with E-state index in [-0.39, 0.29) is 5.69 Å². The molecule has 0 fully saturated rings. The molecule has 2 rings (SSSR count). The summed E-state index contributed by atoms with van der Waals surface area (Å²) in [4.78, 5) is 0.968. The minimum atomic E-state index is -0.614. The molecule has 96 valence electrons. The number of anilines is 1. The third-order valence-corrected chi connectivity index (χ3v) is 5.86. The Labute approximate surface area is 132 Å². The van der Waals surface area contributed by atoms with Crippen molar-refractivity contribution < 1.29 is 8.78 Å². The highest BCUT2D eigenvalue weighted by molar-refractivity contribution is 9.13. The van der Waals surface area contributed by atoms with Crippen molar-refractivity contribution >= 4 is 64.8 Å². The van der Waals surface area contributed by atoms with Crippen molar-refractivity contribution in [1.29, 1.82) is 0 Å². The lowest BCUT2D eigenvalue weighted by Crippen LogP contribution is -2.02. The summed E-state index contributed by atoms with van der Waals surface area (Å²) in [5.74, 6) is -1.23. The van der Waals surface area contributed by atoms with Crippen molar-refractivity contribution in [3.05, 3.63) is 47.4 Å². The Morgan fingerprint density at radius 3 is 2.17 bits per heavy atom. The second kappa shape index (κ2) is 5.98. The monoisotopic (exact) mass is 459 g/mol. The average Bonchev–Trinajstić information content (AvgIpc) is 2.56. The Morgan fingerprint density at radius 2 is 1.67 bits per heavy atom. The van der Waals surface area contributed by atoms with Crippen molar-refractivity contribution in [2.75, 3.05) is 5.32 Å². The molecule has 18 heavy (non-hydrogen) atoms. The Kier molecular flexibility index (Phi) is 4.80. The topological polar surface area (TPSA) is 12.0 Å². The van der Waals surface area contributed by atoms with E-state index in [9.17, 15) is 8.78 Å². The van der Waals surface area contributed by atoms with Crippen LogP contribution in [0.1, 0.15) is 4.88 Å². The fourth-order valence-corrected chi connectivity index (χ4v) is 3.88. The van der Waals surface area contributed by atoms with Crippen LogP contribution in [0, 0.1) is 11.6 Å². The van der Waals surface area contributed by atoms with Gasteiger partial charge in [-0.2, -0.15) is 0 Å². The summed E-state index contributed by atoms with van der Waals surface area (Å²) in [6.45, 7) is 0.365. The van der Waals surface area contributed by atoms with Gasteiger partial charge in [-0.05, 0) is 50.1 Å². The fourth-order valence-electron chi connectivity index (χ4n) is 1.37. The molecule has 0 spiro atoms. The summed E-state index contributed by atoms with van der Waals surface area (Å²) >= 11 is 11.3. The van der Waals surface area contributed by atoms with Gasteiger partial charge in [0.2, 0.25) is 0 Å². The van der Waals surface area contributed by atoms with Crippen LogP contribution in [0.4, 0.5) is 14.5 Å². The zero-order valence-corrected chi connectivity index (χ0v) is 14.3. The zero-order chi connectivity index (χ0) is 13.3. The molecule has 0 saturated carbocycles. The van der Waals surface area contributed by atoms with Crippen LogP contribution in [0.15, 0.2) is 30.9 Å². The first-order chi connectivity index (χ1) is 8.47. The number of thiophene rings is 1. The molecule has 0 radical (unpaired) electrons. The second-order valence-corrected chi connectivity index (χ2v) is 7.66. The highest BCUT2D eigenvalue weighted by Crippen LogP contribution is 2.33. The van der Waals surface area contributed by atoms with E-state index < -0.39 is 11.6 Å². The van der Waals surface area contributed by atoms with Crippen molar-refractivity contribution in [3.8, 4) is 0 Å². The van der Waals surface area contributed by atoms with E-state index in [4.69, 9.17) is 0 Å². The predicted octanol–water partition coefficient (Wildman–Crippen LogP) is 5.93. The number of hydrogen-bond acceptors (Lipinski definition) is 2. The van der Waals surface area contributed by atoms with Crippen LogP contribution in [0.25, 0.3) is 0 Å². The lowest BCUT2D eigenvalue weighted by atomic mass is 10.3. The summed E-state index contributed by atoms with van der Waals surface area (Å²) in [5.41, 5.74) is -0.112. The summed E-state index contributed by atoms with van der Waals surface area (Å²) in [5, 5.41) is 2.76. The van der Waals surface area contributed by atoms with E-state index in [1.165, 1.54) is 23.5 Å². The molecule has 0 unspecified atom stereocenters. The first-order valence-corrected chi connectivity index (χ1v) is 7.99. The molecular weight excluding hydrogens is 456 g/mol. The van der Waals surface area contributed by atoms with Gasteiger partial charge in [0.15, 0.2) is 0 Å². The minimum Gasteiger partial charge on any atom is -0.375 e. The fraction of sp³-hybridized carbons (Fsp3) is 0.0909. The molecule has 7 heteroatoms. The van der Waals surface area contributed by atoms with E-state index in [1.807, 2.05) is 6.07 Å². The largest absolute Gasteiger partial charge is 0.375 e. The maximum absolute atomic E-state index is 13.6. The molecule has 0 aliphatic heterocycles. The molecule has 1 N–H and O–H groups in total. The third-order valence-electron chi connectivity index (χ3n) is 2.14. The van der Waals surface area contributed by atoms with E-state index in [2.05, 4.69) is 53.1 Å². The van der Waals surface area contributed by atoms with Crippen LogP contribution in [0.3, 0.4) is 0 Å². The maximum atomic E-state index is 13.6. The summed E-state index contributed by atoms with van der Waals surface area (Å²) in [7, 11) is 0. The molecule has 0 aliphatic rings. The summed E-state index contributed by atoms with van der Waals surface area (Å²) in [6.07, 6.45) is 0. The van der Waals surface area contributed by atoms with Crippen LogP contribution >= 0.6 is 59.1 Å². The standard InChI is InChI=1S/C11H6Br3F2NS/c12-5-1-8(15)10(9(16)2-5)17-4-6-3-7(13)11(14)18-6/h1-3,17H,4H2. The van der Waals surface area contributed by atoms with Gasteiger partial charge in [-0.3, -0.25) is 0 Å². The molecule has 0 bridgehead atoms. The van der Waals surface area contributed by atoms with Gasteiger partial charge in [0.25, 0.3) is 0 Å². The molecule has 1 aromatic heterocycles. The Hall–Kier alpha value is 0.0200. The van der Waals surface area contributed by atoms with Crippen LogP contribution in [-0.4, -0.2) is 0 Å². The first-order valence-electron chi connectivity index (χ1n) is 4.79. The van der Waals surface area contributed by atoms with Crippen LogP contribution < -0.4 is 5.32 Å². The third kappa shape index (κ3) is 3.31. The van der Waals surface area contributed by atoms with Gasteiger partial charge in [-0.1, -0.05) is 15.9 Å². The van der Waals surface area contributed by atoms with Crippen LogP contribution in [0.2, 0.25) is 0 Å². The van der Waals surface area contributed by atoms with Gasteiger partial charge >= 0.3 is 0 Å². The highest BCUT2D eigenvalue weighted by Gasteiger charge is 2.11. The number of rotatable bonds is 3. The van der Waals surface area contributed by atoms with Crippen molar-refractivity contribution in [3.63, 3.8) is 0 Å². The molecule has 1 heterocycles. The number of halogens is 5. The van der Waals surface area contributed by atoms with Gasteiger partial charge in [0, 0.05) is 20.4 Å². The lowest BCUT2D eigenvalue weighted by molar-refractivity contribution is 0.586.